The van der Waals surface area contributed by atoms with Gasteiger partial charge < -0.3 is 4.90 Å². The molecule has 0 aromatic heterocycles. The molecular weight excluding hydrogens is 285 g/mol. The molecule has 0 heterocycles. The second-order valence-electron chi connectivity index (χ2n) is 3.49. The van der Waals surface area contributed by atoms with Crippen molar-refractivity contribution >= 4 is 28.3 Å². The summed E-state index contributed by atoms with van der Waals surface area (Å²) in [6.07, 6.45) is 2.37. The minimum atomic E-state index is 1.14. The van der Waals surface area contributed by atoms with Gasteiger partial charge in [-0.25, -0.2) is 0 Å². The summed E-state index contributed by atoms with van der Waals surface area (Å²) in [7, 11) is 2.18. The Balaban J connectivity index is 2.82. The Bertz CT molecular complexity index is 273. The van der Waals surface area contributed by atoms with Crippen LogP contribution in [0.1, 0.15) is 18.9 Å². The molecule has 0 atom stereocenters. The van der Waals surface area contributed by atoms with Crippen LogP contribution in [-0.4, -0.2) is 18.0 Å². The molecule has 1 nitrogen and oxygen atoms in total. The van der Waals surface area contributed by atoms with Crippen molar-refractivity contribution in [3.05, 3.63) is 29.8 Å². The van der Waals surface area contributed by atoms with E-state index >= 15 is 0 Å². The molecule has 0 saturated carbocycles. The molecule has 0 N–H and O–H groups in total. The lowest BCUT2D eigenvalue weighted by atomic mass is 10.1. The third-order valence-electron chi connectivity index (χ3n) is 2.33. The van der Waals surface area contributed by atoms with Gasteiger partial charge in [-0.2, -0.15) is 0 Å². The van der Waals surface area contributed by atoms with Crippen LogP contribution in [0.4, 0.5) is 5.69 Å². The highest BCUT2D eigenvalue weighted by molar-refractivity contribution is 14.1. The van der Waals surface area contributed by atoms with Crippen molar-refractivity contribution in [3.8, 4) is 0 Å². The minimum absolute atomic E-state index is 1.14. The van der Waals surface area contributed by atoms with Gasteiger partial charge in [-0.05, 0) is 24.5 Å². The molecular formula is C12H18IN. The summed E-state index contributed by atoms with van der Waals surface area (Å²) in [5, 5.41) is 0. The van der Waals surface area contributed by atoms with Gasteiger partial charge >= 0.3 is 0 Å². The van der Waals surface area contributed by atoms with Gasteiger partial charge in [-0.1, -0.05) is 47.7 Å². The van der Waals surface area contributed by atoms with Gasteiger partial charge in [-0.15, -0.1) is 0 Å². The SMILES string of the molecule is CCCN(C)c1ccccc1CCI. The number of anilines is 1. The number of nitrogens with zero attached hydrogens (tertiary/aromatic N) is 1. The number of hydrogen-bond acceptors (Lipinski definition) is 1. The molecule has 0 saturated heterocycles. The fraction of sp³-hybridized carbons (Fsp3) is 0.500. The van der Waals surface area contributed by atoms with E-state index in [2.05, 4.69) is 65.7 Å². The summed E-state index contributed by atoms with van der Waals surface area (Å²) in [6, 6.07) is 8.71. The number of alkyl halides is 1. The van der Waals surface area contributed by atoms with Gasteiger partial charge in [0.25, 0.3) is 0 Å². The van der Waals surface area contributed by atoms with Crippen molar-refractivity contribution in [3.63, 3.8) is 0 Å². The smallest absolute Gasteiger partial charge is 0.0396 e. The molecule has 1 aromatic carbocycles. The first kappa shape index (κ1) is 11.8. The van der Waals surface area contributed by atoms with E-state index in [4.69, 9.17) is 0 Å². The van der Waals surface area contributed by atoms with Crippen LogP contribution in [0.15, 0.2) is 24.3 Å². The van der Waals surface area contributed by atoms with Crippen LogP contribution in [-0.2, 0) is 6.42 Å². The van der Waals surface area contributed by atoms with Crippen LogP contribution in [0.5, 0.6) is 0 Å². The lowest BCUT2D eigenvalue weighted by molar-refractivity contribution is 0.846. The molecule has 0 aliphatic heterocycles. The highest BCUT2D eigenvalue weighted by Gasteiger charge is 2.04. The Morgan fingerprint density at radius 1 is 1.29 bits per heavy atom. The number of halogens is 1. The fourth-order valence-electron chi connectivity index (χ4n) is 1.65. The summed E-state index contributed by atoms with van der Waals surface area (Å²) >= 11 is 2.43. The van der Waals surface area contributed by atoms with Gasteiger partial charge in [0.1, 0.15) is 0 Å². The topological polar surface area (TPSA) is 3.24 Å². The predicted octanol–water partition coefficient (Wildman–Crippen LogP) is 3.51. The van der Waals surface area contributed by atoms with E-state index < -0.39 is 0 Å². The molecule has 0 fully saturated rings. The van der Waals surface area contributed by atoms with Crippen molar-refractivity contribution in [1.29, 1.82) is 0 Å². The molecule has 0 aliphatic carbocycles. The van der Waals surface area contributed by atoms with E-state index in [9.17, 15) is 0 Å². The van der Waals surface area contributed by atoms with Crippen LogP contribution >= 0.6 is 22.6 Å². The summed E-state index contributed by atoms with van der Waals surface area (Å²) in [4.78, 5) is 2.35. The van der Waals surface area contributed by atoms with Crippen molar-refractivity contribution in [1.82, 2.24) is 0 Å². The number of hydrogen-bond donors (Lipinski definition) is 0. The molecule has 14 heavy (non-hydrogen) atoms. The molecule has 78 valence electrons. The van der Waals surface area contributed by atoms with Crippen molar-refractivity contribution in [2.75, 3.05) is 22.9 Å². The minimum Gasteiger partial charge on any atom is -0.374 e. The maximum Gasteiger partial charge on any atom is 0.0396 e. The monoisotopic (exact) mass is 303 g/mol. The van der Waals surface area contributed by atoms with Gasteiger partial charge in [-0.3, -0.25) is 0 Å². The third kappa shape index (κ3) is 3.15. The standard InChI is InChI=1S/C12H18IN/c1-3-10-14(2)12-7-5-4-6-11(12)8-9-13/h4-7H,3,8-10H2,1-2H3. The van der Waals surface area contributed by atoms with Crippen molar-refractivity contribution in [2.45, 2.75) is 19.8 Å². The van der Waals surface area contributed by atoms with Crippen LogP contribution < -0.4 is 4.90 Å². The van der Waals surface area contributed by atoms with E-state index in [1.54, 1.807) is 0 Å². The van der Waals surface area contributed by atoms with Gasteiger partial charge in [0.05, 0.1) is 0 Å². The Hall–Kier alpha value is -0.250. The Labute approximate surface area is 101 Å². The highest BCUT2D eigenvalue weighted by atomic mass is 127. The average Bonchev–Trinajstić information content (AvgIpc) is 2.19. The number of aryl methyl sites for hydroxylation is 1. The Kier molecular flexibility index (Phi) is 5.30. The quantitative estimate of drug-likeness (QED) is 0.594. The van der Waals surface area contributed by atoms with Gasteiger partial charge in [0, 0.05) is 23.7 Å². The lowest BCUT2D eigenvalue weighted by Gasteiger charge is -2.21. The second-order valence-corrected chi connectivity index (χ2v) is 4.57. The first-order valence-electron chi connectivity index (χ1n) is 5.14. The largest absolute Gasteiger partial charge is 0.374 e. The van der Waals surface area contributed by atoms with Crippen LogP contribution in [0, 0.1) is 0 Å². The molecule has 0 bridgehead atoms. The van der Waals surface area contributed by atoms with E-state index in [0.717, 1.165) is 6.54 Å². The maximum atomic E-state index is 2.43. The zero-order valence-corrected chi connectivity index (χ0v) is 11.1. The van der Waals surface area contributed by atoms with Crippen LogP contribution in [0.2, 0.25) is 0 Å². The summed E-state index contributed by atoms with van der Waals surface area (Å²) in [5.41, 5.74) is 2.86. The molecule has 2 heteroatoms. The van der Waals surface area contributed by atoms with E-state index in [-0.39, 0.29) is 0 Å². The first-order chi connectivity index (χ1) is 6.79. The molecule has 0 unspecified atom stereocenters. The van der Waals surface area contributed by atoms with Crippen molar-refractivity contribution < 1.29 is 0 Å². The zero-order chi connectivity index (χ0) is 10.4. The van der Waals surface area contributed by atoms with Crippen molar-refractivity contribution in [2.24, 2.45) is 0 Å². The summed E-state index contributed by atoms with van der Waals surface area (Å²) < 4.78 is 1.19. The van der Waals surface area contributed by atoms with Gasteiger partial charge in [0.15, 0.2) is 0 Å². The third-order valence-corrected chi connectivity index (χ3v) is 2.87. The average molecular weight is 303 g/mol. The normalized spacial score (nSPS) is 10.2. The Morgan fingerprint density at radius 2 is 2.00 bits per heavy atom. The van der Waals surface area contributed by atoms with Crippen LogP contribution in [0.25, 0.3) is 0 Å². The van der Waals surface area contributed by atoms with Gasteiger partial charge in [0.2, 0.25) is 0 Å². The second kappa shape index (κ2) is 6.27. The van der Waals surface area contributed by atoms with E-state index in [1.807, 2.05) is 0 Å². The zero-order valence-electron chi connectivity index (χ0n) is 8.96. The first-order valence-corrected chi connectivity index (χ1v) is 6.67. The number of rotatable bonds is 5. The molecule has 1 rings (SSSR count). The number of para-hydroxylation sites is 1. The summed E-state index contributed by atoms with van der Waals surface area (Å²) in [6.45, 7) is 3.36. The Morgan fingerprint density at radius 3 is 2.64 bits per heavy atom. The lowest BCUT2D eigenvalue weighted by Crippen LogP contribution is -2.19. The highest BCUT2D eigenvalue weighted by Crippen LogP contribution is 2.20. The molecule has 1 aromatic rings. The molecule has 0 aliphatic rings. The van der Waals surface area contributed by atoms with E-state index in [1.165, 1.54) is 28.5 Å². The predicted molar refractivity (Wildman–Crippen MR) is 72.6 cm³/mol. The molecule has 0 spiro atoms. The fourth-order valence-corrected chi connectivity index (χ4v) is 2.23. The number of benzene rings is 1. The molecule has 0 amide bonds. The maximum absolute atomic E-state index is 2.43. The van der Waals surface area contributed by atoms with E-state index in [0.29, 0.717) is 0 Å². The summed E-state index contributed by atoms with van der Waals surface area (Å²) in [5.74, 6) is 0. The van der Waals surface area contributed by atoms with Crippen LogP contribution in [0.3, 0.4) is 0 Å². The molecule has 0 radical (unpaired) electrons.